The molecule has 2 rings (SSSR count). The minimum absolute atomic E-state index is 0. The summed E-state index contributed by atoms with van der Waals surface area (Å²) >= 11 is 0. The summed E-state index contributed by atoms with van der Waals surface area (Å²) in [5.41, 5.74) is 1.14. The van der Waals surface area contributed by atoms with Crippen LogP contribution < -0.4 is 15.4 Å². The quantitative estimate of drug-likeness (QED) is 0.328. The molecule has 0 aliphatic carbocycles. The van der Waals surface area contributed by atoms with Crippen molar-refractivity contribution in [3.05, 3.63) is 29.8 Å². The van der Waals surface area contributed by atoms with Gasteiger partial charge in [0.2, 0.25) is 0 Å². The molecule has 0 unspecified atom stereocenters. The number of likely N-dealkylation sites (tertiary alicyclic amines) is 1. The highest BCUT2D eigenvalue weighted by Gasteiger charge is 2.24. The third-order valence-corrected chi connectivity index (χ3v) is 4.53. The summed E-state index contributed by atoms with van der Waals surface area (Å²) in [5, 5.41) is 6.81. The second kappa shape index (κ2) is 13.5. The van der Waals surface area contributed by atoms with Crippen LogP contribution in [-0.4, -0.2) is 56.3 Å². The fourth-order valence-corrected chi connectivity index (χ4v) is 3.00. The van der Waals surface area contributed by atoms with Gasteiger partial charge in [-0.2, -0.15) is 0 Å². The van der Waals surface area contributed by atoms with Crippen LogP contribution in [0.2, 0.25) is 0 Å². The Hall–Kier alpha value is -1.71. The van der Waals surface area contributed by atoms with Gasteiger partial charge in [0.25, 0.3) is 0 Å². The van der Waals surface area contributed by atoms with E-state index in [1.165, 1.54) is 0 Å². The lowest BCUT2D eigenvalue weighted by Crippen LogP contribution is -2.49. The van der Waals surface area contributed by atoms with Gasteiger partial charge in [-0.15, -0.1) is 24.0 Å². The van der Waals surface area contributed by atoms with E-state index in [4.69, 9.17) is 9.47 Å². The minimum Gasteiger partial charge on any atom is -0.493 e. The van der Waals surface area contributed by atoms with Crippen molar-refractivity contribution < 1.29 is 14.3 Å². The Morgan fingerprint density at radius 2 is 2.03 bits per heavy atom. The Kier molecular flexibility index (Phi) is 11.8. The number of piperidine rings is 1. The molecule has 1 amide bonds. The summed E-state index contributed by atoms with van der Waals surface area (Å²) in [5.74, 6) is 2.16. The van der Waals surface area contributed by atoms with E-state index in [0.29, 0.717) is 38.8 Å². The van der Waals surface area contributed by atoms with Crippen LogP contribution in [0.3, 0.4) is 0 Å². The molecule has 0 radical (unpaired) electrons. The Labute approximate surface area is 191 Å². The first-order chi connectivity index (χ1) is 13.5. The number of guanidine groups is 1. The van der Waals surface area contributed by atoms with E-state index in [-0.39, 0.29) is 36.1 Å². The largest absolute Gasteiger partial charge is 0.493 e. The van der Waals surface area contributed by atoms with Crippen LogP contribution >= 0.6 is 24.0 Å². The highest BCUT2D eigenvalue weighted by Crippen LogP contribution is 2.15. The summed E-state index contributed by atoms with van der Waals surface area (Å²) in [6, 6.07) is 8.41. The number of carbonyl (C=O) groups excluding carboxylic acids is 1. The molecule has 8 heteroatoms. The lowest BCUT2D eigenvalue weighted by Gasteiger charge is -2.32. The molecule has 7 nitrogen and oxygen atoms in total. The summed E-state index contributed by atoms with van der Waals surface area (Å²) in [4.78, 5) is 17.9. The van der Waals surface area contributed by atoms with Crippen molar-refractivity contribution >= 4 is 36.0 Å². The van der Waals surface area contributed by atoms with Gasteiger partial charge in [-0.3, -0.25) is 4.99 Å². The highest BCUT2D eigenvalue weighted by molar-refractivity contribution is 14.0. The summed E-state index contributed by atoms with van der Waals surface area (Å²) in [7, 11) is 1.77. The molecule has 0 bridgehead atoms. The van der Waals surface area contributed by atoms with Crippen molar-refractivity contribution in [1.82, 2.24) is 15.5 Å². The molecular formula is C21H35IN4O3. The average Bonchev–Trinajstić information content (AvgIpc) is 2.70. The number of rotatable bonds is 7. The van der Waals surface area contributed by atoms with Crippen LogP contribution in [0.1, 0.15) is 39.2 Å². The minimum atomic E-state index is -0.219. The van der Waals surface area contributed by atoms with E-state index >= 15 is 0 Å². The van der Waals surface area contributed by atoms with Crippen LogP contribution in [-0.2, 0) is 11.3 Å². The molecule has 164 valence electrons. The molecule has 0 spiro atoms. The topological polar surface area (TPSA) is 75.2 Å². The SMILES string of the molecule is CCOC(=O)N1CCC(NC(=NC)NCc2cccc(OCC(C)C)c2)CC1.I. The first kappa shape index (κ1) is 25.3. The number of nitrogens with zero attached hydrogens (tertiary/aromatic N) is 2. The van der Waals surface area contributed by atoms with Crippen LogP contribution in [0.15, 0.2) is 29.3 Å². The molecular weight excluding hydrogens is 483 g/mol. The van der Waals surface area contributed by atoms with E-state index in [9.17, 15) is 4.79 Å². The third kappa shape index (κ3) is 9.10. The number of halogens is 1. The molecule has 0 saturated carbocycles. The fourth-order valence-electron chi connectivity index (χ4n) is 3.00. The zero-order valence-corrected chi connectivity index (χ0v) is 20.3. The predicted molar refractivity (Wildman–Crippen MR) is 127 cm³/mol. The number of hydrogen-bond donors (Lipinski definition) is 2. The Morgan fingerprint density at radius 3 is 2.66 bits per heavy atom. The monoisotopic (exact) mass is 518 g/mol. The summed E-state index contributed by atoms with van der Waals surface area (Å²) in [6.45, 7) is 9.29. The number of hydrogen-bond acceptors (Lipinski definition) is 4. The van der Waals surface area contributed by atoms with Crippen molar-refractivity contribution in [1.29, 1.82) is 0 Å². The first-order valence-electron chi connectivity index (χ1n) is 10.1. The van der Waals surface area contributed by atoms with Crippen molar-refractivity contribution in [2.75, 3.05) is 33.4 Å². The Balaban J connectivity index is 0.00000420. The number of amides is 1. The smallest absolute Gasteiger partial charge is 0.409 e. The van der Waals surface area contributed by atoms with E-state index in [1.54, 1.807) is 11.9 Å². The van der Waals surface area contributed by atoms with E-state index in [2.05, 4.69) is 41.6 Å². The molecule has 1 fully saturated rings. The van der Waals surface area contributed by atoms with Crippen LogP contribution in [0.25, 0.3) is 0 Å². The maximum absolute atomic E-state index is 11.8. The number of benzene rings is 1. The molecule has 1 heterocycles. The molecule has 1 aromatic carbocycles. The standard InChI is InChI=1S/C21H34N4O3.HI/c1-5-27-21(26)25-11-9-18(10-12-25)24-20(22-4)23-14-17-7-6-8-19(13-17)28-15-16(2)3;/h6-8,13,16,18H,5,9-12,14-15H2,1-4H3,(H2,22,23,24);1H. The number of aliphatic imine (C=N–C) groups is 1. The van der Waals surface area contributed by atoms with Gasteiger partial charge in [0, 0.05) is 32.7 Å². The maximum Gasteiger partial charge on any atom is 0.409 e. The predicted octanol–water partition coefficient (Wildman–Crippen LogP) is 3.63. The molecule has 29 heavy (non-hydrogen) atoms. The van der Waals surface area contributed by atoms with E-state index in [0.717, 1.165) is 30.1 Å². The summed E-state index contributed by atoms with van der Waals surface area (Å²) in [6.07, 6.45) is 1.53. The Bertz CT molecular complexity index is 647. The second-order valence-electron chi connectivity index (χ2n) is 7.38. The van der Waals surface area contributed by atoms with E-state index in [1.807, 2.05) is 19.1 Å². The maximum atomic E-state index is 11.8. The second-order valence-corrected chi connectivity index (χ2v) is 7.38. The fraction of sp³-hybridized carbons (Fsp3) is 0.619. The van der Waals surface area contributed by atoms with Gasteiger partial charge in [0.1, 0.15) is 5.75 Å². The molecule has 0 aromatic heterocycles. The van der Waals surface area contributed by atoms with Gasteiger partial charge in [-0.25, -0.2) is 4.79 Å². The zero-order valence-electron chi connectivity index (χ0n) is 17.9. The third-order valence-electron chi connectivity index (χ3n) is 4.53. The Morgan fingerprint density at radius 1 is 1.31 bits per heavy atom. The van der Waals surface area contributed by atoms with Gasteiger partial charge in [0.05, 0.1) is 13.2 Å². The highest BCUT2D eigenvalue weighted by atomic mass is 127. The van der Waals surface area contributed by atoms with E-state index < -0.39 is 0 Å². The van der Waals surface area contributed by atoms with Crippen molar-refractivity contribution in [3.63, 3.8) is 0 Å². The van der Waals surface area contributed by atoms with Crippen molar-refractivity contribution in [2.45, 2.75) is 46.2 Å². The van der Waals surface area contributed by atoms with Crippen LogP contribution in [0.4, 0.5) is 4.79 Å². The lowest BCUT2D eigenvalue weighted by molar-refractivity contribution is 0.0963. The lowest BCUT2D eigenvalue weighted by atomic mass is 10.1. The number of nitrogens with one attached hydrogen (secondary N) is 2. The number of carbonyl (C=O) groups is 1. The molecule has 1 aliphatic heterocycles. The van der Waals surface area contributed by atoms with Crippen LogP contribution in [0, 0.1) is 5.92 Å². The first-order valence-corrected chi connectivity index (χ1v) is 10.1. The van der Waals surface area contributed by atoms with Crippen molar-refractivity contribution in [2.24, 2.45) is 10.9 Å². The van der Waals surface area contributed by atoms with Gasteiger partial charge in [-0.05, 0) is 43.4 Å². The van der Waals surface area contributed by atoms with Gasteiger partial charge in [-0.1, -0.05) is 26.0 Å². The normalized spacial score (nSPS) is 14.9. The molecule has 0 atom stereocenters. The van der Waals surface area contributed by atoms with Crippen LogP contribution in [0.5, 0.6) is 5.75 Å². The van der Waals surface area contributed by atoms with Gasteiger partial charge < -0.3 is 25.0 Å². The molecule has 2 N–H and O–H groups in total. The number of ether oxygens (including phenoxy) is 2. The summed E-state index contributed by atoms with van der Waals surface area (Å²) < 4.78 is 10.9. The van der Waals surface area contributed by atoms with Gasteiger partial charge >= 0.3 is 6.09 Å². The van der Waals surface area contributed by atoms with Crippen molar-refractivity contribution in [3.8, 4) is 5.75 Å². The molecule has 1 saturated heterocycles. The molecule has 1 aliphatic rings. The zero-order chi connectivity index (χ0) is 20.4. The molecule has 1 aromatic rings. The average molecular weight is 518 g/mol. The van der Waals surface area contributed by atoms with Gasteiger partial charge in [0.15, 0.2) is 5.96 Å².